The Labute approximate surface area is 135 Å². The summed E-state index contributed by atoms with van der Waals surface area (Å²) in [6.07, 6.45) is 2.55. The third-order valence-corrected chi connectivity index (χ3v) is 6.66. The number of Topliss-reactive ketones (excluding diaryl/α,β-unsaturated/α-hetero) is 1. The average Bonchev–Trinajstić information content (AvgIpc) is 2.49. The van der Waals surface area contributed by atoms with E-state index in [9.17, 15) is 9.59 Å². The molecule has 22 heavy (non-hydrogen) atoms. The fraction of sp³-hybridized carbons (Fsp3) is 0.867. The first kappa shape index (κ1) is 21.2. The van der Waals surface area contributed by atoms with Gasteiger partial charge in [0.1, 0.15) is 5.78 Å². The second-order valence-corrected chi connectivity index (χ2v) is 9.21. The second kappa shape index (κ2) is 11.8. The zero-order valence-electron chi connectivity index (χ0n) is 14.7. The van der Waals surface area contributed by atoms with E-state index in [1.165, 1.54) is 0 Å². The maximum absolute atomic E-state index is 11.8. The normalized spacial score (nSPS) is 13.0. The molecule has 1 unspecified atom stereocenters. The van der Waals surface area contributed by atoms with Crippen LogP contribution in [0.25, 0.3) is 0 Å². The van der Waals surface area contributed by atoms with Crippen LogP contribution in [0.4, 0.5) is 0 Å². The summed E-state index contributed by atoms with van der Waals surface area (Å²) in [5.74, 6) is 0.209. The van der Waals surface area contributed by atoms with Gasteiger partial charge in [0, 0.05) is 45.7 Å². The van der Waals surface area contributed by atoms with Gasteiger partial charge in [0.2, 0.25) is 5.91 Å². The van der Waals surface area contributed by atoms with Gasteiger partial charge in [-0.3, -0.25) is 4.79 Å². The minimum atomic E-state index is -2.16. The summed E-state index contributed by atoms with van der Waals surface area (Å²) in [6, 6.07) is 0.918. The molecule has 0 aromatic carbocycles. The molecule has 1 atom stereocenters. The molecule has 0 aromatic heterocycles. The Balaban J connectivity index is 4.12. The molecule has 0 heterocycles. The molecule has 0 saturated carbocycles. The molecule has 0 rings (SSSR count). The van der Waals surface area contributed by atoms with Gasteiger partial charge in [0.15, 0.2) is 0 Å². The van der Waals surface area contributed by atoms with Crippen LogP contribution >= 0.6 is 0 Å². The maximum atomic E-state index is 11.8. The number of unbranched alkanes of at least 4 members (excludes halogenated alkanes) is 1. The highest BCUT2D eigenvalue weighted by molar-refractivity contribution is 6.66. The van der Waals surface area contributed by atoms with Crippen molar-refractivity contribution in [3.05, 3.63) is 0 Å². The quantitative estimate of drug-likeness (QED) is 0.396. The highest BCUT2D eigenvalue weighted by Gasteiger charge is 2.32. The van der Waals surface area contributed by atoms with E-state index >= 15 is 0 Å². The first-order valence-corrected chi connectivity index (χ1v) is 10.5. The third kappa shape index (κ3) is 10.0. The summed E-state index contributed by atoms with van der Waals surface area (Å²) in [6.45, 7) is 7.02. The number of amides is 1. The van der Waals surface area contributed by atoms with Gasteiger partial charge in [-0.2, -0.15) is 0 Å². The summed E-state index contributed by atoms with van der Waals surface area (Å²) in [4.78, 5) is 22.7. The molecule has 0 saturated heterocycles. The van der Waals surface area contributed by atoms with Gasteiger partial charge in [-0.15, -0.1) is 0 Å². The Morgan fingerprint density at radius 3 is 2.23 bits per heavy atom. The number of carbonyl (C=O) groups is 2. The first-order chi connectivity index (χ1) is 10.4. The van der Waals surface area contributed by atoms with E-state index in [1.54, 1.807) is 21.1 Å². The van der Waals surface area contributed by atoms with Crippen LogP contribution in [-0.4, -0.2) is 53.6 Å². The monoisotopic (exact) mass is 332 g/mol. The van der Waals surface area contributed by atoms with Crippen molar-refractivity contribution < 1.29 is 18.4 Å². The number of ketones is 1. The standard InChI is InChI=1S/C15H32N2O4Si/c1-6-16-14(12-22(5,20-3)21-4)11-17-15(19)10-8-7-9-13(2)18/h14,16H,6-12H2,1-5H3,(H,17,19). The Bertz CT molecular complexity index is 336. The van der Waals surface area contributed by atoms with Crippen LogP contribution in [0.2, 0.25) is 12.6 Å². The number of carbonyl (C=O) groups excluding carboxylic acids is 2. The van der Waals surface area contributed by atoms with Crippen LogP contribution in [0.3, 0.4) is 0 Å². The van der Waals surface area contributed by atoms with Crippen LogP contribution in [0, 0.1) is 0 Å². The SMILES string of the molecule is CCNC(CNC(=O)CCCCC(C)=O)C[Si](C)(OC)OC. The minimum absolute atomic E-state index is 0.0321. The Kier molecular flexibility index (Phi) is 11.4. The Hall–Kier alpha value is -0.763. The van der Waals surface area contributed by atoms with Crippen molar-refractivity contribution in [2.24, 2.45) is 0 Å². The molecule has 0 aliphatic carbocycles. The Morgan fingerprint density at radius 2 is 1.73 bits per heavy atom. The summed E-state index contributed by atoms with van der Waals surface area (Å²) in [5, 5.41) is 6.31. The third-order valence-electron chi connectivity index (χ3n) is 3.70. The lowest BCUT2D eigenvalue weighted by atomic mass is 10.1. The van der Waals surface area contributed by atoms with Crippen molar-refractivity contribution in [1.82, 2.24) is 10.6 Å². The van der Waals surface area contributed by atoms with Gasteiger partial charge in [-0.25, -0.2) is 0 Å². The van der Waals surface area contributed by atoms with E-state index in [2.05, 4.69) is 10.6 Å². The van der Waals surface area contributed by atoms with E-state index in [4.69, 9.17) is 8.85 Å². The molecule has 1 amide bonds. The van der Waals surface area contributed by atoms with E-state index in [1.807, 2.05) is 13.5 Å². The topological polar surface area (TPSA) is 76.7 Å². The number of hydrogen-bond donors (Lipinski definition) is 2. The van der Waals surface area contributed by atoms with Crippen LogP contribution < -0.4 is 10.6 Å². The van der Waals surface area contributed by atoms with Crippen LogP contribution in [0.15, 0.2) is 0 Å². The second-order valence-electron chi connectivity index (χ2n) is 5.71. The molecular weight excluding hydrogens is 300 g/mol. The summed E-state index contributed by atoms with van der Waals surface area (Å²) in [5.41, 5.74) is 0. The molecule has 0 aliphatic heterocycles. The number of nitrogens with one attached hydrogen (secondary N) is 2. The van der Waals surface area contributed by atoms with Crippen LogP contribution in [0.5, 0.6) is 0 Å². The smallest absolute Gasteiger partial charge is 0.336 e. The van der Waals surface area contributed by atoms with Gasteiger partial charge >= 0.3 is 8.56 Å². The fourth-order valence-corrected chi connectivity index (χ4v) is 3.87. The fourth-order valence-electron chi connectivity index (χ4n) is 2.19. The minimum Gasteiger partial charge on any atom is -0.398 e. The van der Waals surface area contributed by atoms with Gasteiger partial charge < -0.3 is 24.3 Å². The summed E-state index contributed by atoms with van der Waals surface area (Å²) in [7, 11) is 1.18. The lowest BCUT2D eigenvalue weighted by Crippen LogP contribution is -2.48. The maximum Gasteiger partial charge on any atom is 0.336 e. The number of likely N-dealkylation sites (N-methyl/N-ethyl adjacent to an activating group) is 1. The molecule has 0 radical (unpaired) electrons. The van der Waals surface area contributed by atoms with E-state index in [0.29, 0.717) is 19.4 Å². The molecule has 0 spiro atoms. The van der Waals surface area contributed by atoms with Crippen LogP contribution in [-0.2, 0) is 18.4 Å². The van der Waals surface area contributed by atoms with Gasteiger partial charge in [-0.05, 0) is 32.9 Å². The van der Waals surface area contributed by atoms with Gasteiger partial charge in [0.25, 0.3) is 0 Å². The molecule has 0 fully saturated rings. The van der Waals surface area contributed by atoms with Crippen molar-refractivity contribution in [3.8, 4) is 0 Å². The van der Waals surface area contributed by atoms with E-state index in [-0.39, 0.29) is 17.7 Å². The van der Waals surface area contributed by atoms with Crippen molar-refractivity contribution in [1.29, 1.82) is 0 Å². The molecule has 0 bridgehead atoms. The lowest BCUT2D eigenvalue weighted by Gasteiger charge is -2.28. The van der Waals surface area contributed by atoms with Crippen LogP contribution in [0.1, 0.15) is 39.5 Å². The van der Waals surface area contributed by atoms with Crippen molar-refractivity contribution in [3.63, 3.8) is 0 Å². The molecule has 0 aliphatic rings. The highest BCUT2D eigenvalue weighted by Crippen LogP contribution is 2.14. The lowest BCUT2D eigenvalue weighted by molar-refractivity contribution is -0.121. The molecular formula is C15H32N2O4Si. The van der Waals surface area contributed by atoms with Crippen molar-refractivity contribution in [2.45, 2.75) is 58.2 Å². The number of hydrogen-bond acceptors (Lipinski definition) is 5. The van der Waals surface area contributed by atoms with Crippen molar-refractivity contribution in [2.75, 3.05) is 27.3 Å². The van der Waals surface area contributed by atoms with Gasteiger partial charge in [0.05, 0.1) is 0 Å². The molecule has 7 heteroatoms. The molecule has 6 nitrogen and oxygen atoms in total. The zero-order valence-corrected chi connectivity index (χ0v) is 15.7. The predicted octanol–water partition coefficient (Wildman–Crippen LogP) is 1.59. The predicted molar refractivity (Wildman–Crippen MR) is 90.1 cm³/mol. The average molecular weight is 333 g/mol. The summed E-state index contributed by atoms with van der Waals surface area (Å²) >= 11 is 0. The van der Waals surface area contributed by atoms with E-state index < -0.39 is 8.56 Å². The molecule has 0 aromatic rings. The first-order valence-electron chi connectivity index (χ1n) is 7.96. The zero-order chi connectivity index (χ0) is 17.0. The molecule has 2 N–H and O–H groups in total. The number of rotatable bonds is 13. The largest absolute Gasteiger partial charge is 0.398 e. The summed E-state index contributed by atoms with van der Waals surface area (Å²) < 4.78 is 11.0. The van der Waals surface area contributed by atoms with E-state index in [0.717, 1.165) is 25.4 Å². The molecule has 130 valence electrons. The highest BCUT2D eigenvalue weighted by atomic mass is 28.4. The van der Waals surface area contributed by atoms with Gasteiger partial charge in [-0.1, -0.05) is 6.92 Å². The Morgan fingerprint density at radius 1 is 1.14 bits per heavy atom. The van der Waals surface area contributed by atoms with Crippen molar-refractivity contribution >= 4 is 20.3 Å².